The fraction of sp³-hybridized carbons (Fsp3) is 0.286. The molecule has 8 heteroatoms. The van der Waals surface area contributed by atoms with E-state index in [-0.39, 0.29) is 28.3 Å². The molecule has 0 spiro atoms. The highest BCUT2D eigenvalue weighted by Crippen LogP contribution is 2.36. The van der Waals surface area contributed by atoms with Gasteiger partial charge < -0.3 is 10.4 Å². The Hall–Kier alpha value is -2.71. The van der Waals surface area contributed by atoms with Gasteiger partial charge in [0.25, 0.3) is 5.91 Å². The third-order valence-corrected chi connectivity index (χ3v) is 6.01. The van der Waals surface area contributed by atoms with Gasteiger partial charge in [0.05, 0.1) is 23.6 Å². The number of aromatic nitrogens is 2. The van der Waals surface area contributed by atoms with E-state index in [4.69, 9.17) is 0 Å². The van der Waals surface area contributed by atoms with Gasteiger partial charge in [-0.2, -0.15) is 0 Å². The number of halogens is 2. The first-order valence-corrected chi connectivity index (χ1v) is 10.2. The van der Waals surface area contributed by atoms with Crippen molar-refractivity contribution in [2.45, 2.75) is 37.7 Å². The van der Waals surface area contributed by atoms with Gasteiger partial charge in [0.2, 0.25) is 0 Å². The number of pyridine rings is 1. The second-order valence-electron chi connectivity index (χ2n) is 7.06. The van der Waals surface area contributed by atoms with E-state index in [2.05, 4.69) is 15.3 Å². The molecule has 2 aromatic heterocycles. The van der Waals surface area contributed by atoms with E-state index >= 15 is 0 Å². The van der Waals surface area contributed by atoms with Gasteiger partial charge in [-0.1, -0.05) is 6.07 Å². The molecular weight excluding hydrogens is 396 g/mol. The average molecular weight is 415 g/mol. The Morgan fingerprint density at radius 3 is 2.59 bits per heavy atom. The third-order valence-electron chi connectivity index (χ3n) is 5.15. The molecule has 0 aliphatic heterocycles. The molecule has 2 N–H and O–H groups in total. The summed E-state index contributed by atoms with van der Waals surface area (Å²) in [7, 11) is 0. The minimum Gasteiger partial charge on any atom is -0.393 e. The number of nitrogens with one attached hydrogen (secondary N) is 1. The van der Waals surface area contributed by atoms with Crippen LogP contribution in [-0.2, 0) is 0 Å². The van der Waals surface area contributed by atoms with Crippen molar-refractivity contribution in [3.63, 3.8) is 0 Å². The SMILES string of the molecule is O=C(Nc1cnccc1[C@H]1CC[C@H](O)CC1)c1csc(-c2c(F)cccc2F)n1. The lowest BCUT2D eigenvalue weighted by Gasteiger charge is -2.27. The van der Waals surface area contributed by atoms with Crippen molar-refractivity contribution in [1.82, 2.24) is 9.97 Å². The molecule has 0 radical (unpaired) electrons. The van der Waals surface area contributed by atoms with Crippen molar-refractivity contribution in [3.8, 4) is 10.6 Å². The number of nitrogens with zero attached hydrogens (tertiary/aromatic N) is 2. The van der Waals surface area contributed by atoms with Crippen LogP contribution < -0.4 is 5.32 Å². The standard InChI is InChI=1S/C21H19F2N3O2S/c22-15-2-1-3-16(23)19(15)21-26-18(11-29-21)20(28)25-17-10-24-9-8-14(17)12-4-6-13(27)7-5-12/h1-3,8-13,27H,4-7H2,(H,25,28)/t12-,13-. The Morgan fingerprint density at radius 2 is 1.86 bits per heavy atom. The molecule has 4 rings (SSSR count). The molecule has 2 heterocycles. The lowest BCUT2D eigenvalue weighted by Crippen LogP contribution is -2.19. The van der Waals surface area contributed by atoms with Gasteiger partial charge in [-0.25, -0.2) is 13.8 Å². The molecule has 0 atom stereocenters. The summed E-state index contributed by atoms with van der Waals surface area (Å²) in [6.45, 7) is 0. The molecule has 0 unspecified atom stereocenters. The summed E-state index contributed by atoms with van der Waals surface area (Å²) in [6, 6.07) is 5.47. The highest BCUT2D eigenvalue weighted by molar-refractivity contribution is 7.13. The minimum atomic E-state index is -0.722. The maximum Gasteiger partial charge on any atom is 0.275 e. The van der Waals surface area contributed by atoms with Crippen LogP contribution in [0.3, 0.4) is 0 Å². The zero-order valence-electron chi connectivity index (χ0n) is 15.4. The first-order chi connectivity index (χ1) is 14.0. The number of aliphatic hydroxyl groups is 1. The van der Waals surface area contributed by atoms with Crippen LogP contribution in [0.15, 0.2) is 42.0 Å². The predicted octanol–water partition coefficient (Wildman–Crippen LogP) is 4.75. The van der Waals surface area contributed by atoms with Gasteiger partial charge in [-0.05, 0) is 55.4 Å². The minimum absolute atomic E-state index is 0.0847. The van der Waals surface area contributed by atoms with Crippen molar-refractivity contribution in [2.24, 2.45) is 0 Å². The summed E-state index contributed by atoms with van der Waals surface area (Å²) in [5, 5.41) is 14.1. The summed E-state index contributed by atoms with van der Waals surface area (Å²) < 4.78 is 28.0. The van der Waals surface area contributed by atoms with Gasteiger partial charge >= 0.3 is 0 Å². The van der Waals surface area contributed by atoms with E-state index in [0.717, 1.165) is 54.7 Å². The van der Waals surface area contributed by atoms with Crippen LogP contribution in [0, 0.1) is 11.6 Å². The Balaban J connectivity index is 1.55. The first-order valence-electron chi connectivity index (χ1n) is 9.36. The smallest absolute Gasteiger partial charge is 0.275 e. The summed E-state index contributed by atoms with van der Waals surface area (Å²) in [4.78, 5) is 20.9. The van der Waals surface area contributed by atoms with Crippen molar-refractivity contribution in [2.75, 3.05) is 5.32 Å². The highest BCUT2D eigenvalue weighted by Gasteiger charge is 2.24. The molecule has 1 aromatic carbocycles. The number of aliphatic hydroxyl groups excluding tert-OH is 1. The second-order valence-corrected chi connectivity index (χ2v) is 7.92. The summed E-state index contributed by atoms with van der Waals surface area (Å²) >= 11 is 1.01. The van der Waals surface area contributed by atoms with Crippen LogP contribution in [0.4, 0.5) is 14.5 Å². The van der Waals surface area contributed by atoms with Crippen molar-refractivity contribution in [1.29, 1.82) is 0 Å². The van der Waals surface area contributed by atoms with Gasteiger partial charge in [-0.3, -0.25) is 9.78 Å². The lowest BCUT2D eigenvalue weighted by molar-refractivity contribution is 0.102. The quantitative estimate of drug-likeness (QED) is 0.645. The topological polar surface area (TPSA) is 75.1 Å². The van der Waals surface area contributed by atoms with Gasteiger partial charge in [-0.15, -0.1) is 11.3 Å². The Bertz CT molecular complexity index is 1010. The Labute approximate surface area is 170 Å². The summed E-state index contributed by atoms with van der Waals surface area (Å²) in [6.07, 6.45) is 6.12. The summed E-state index contributed by atoms with van der Waals surface area (Å²) in [5.74, 6) is -1.68. The monoisotopic (exact) mass is 415 g/mol. The molecule has 29 heavy (non-hydrogen) atoms. The largest absolute Gasteiger partial charge is 0.393 e. The van der Waals surface area contributed by atoms with E-state index in [1.165, 1.54) is 11.4 Å². The van der Waals surface area contributed by atoms with Gasteiger partial charge in [0.15, 0.2) is 0 Å². The number of thiazole rings is 1. The highest BCUT2D eigenvalue weighted by atomic mass is 32.1. The van der Waals surface area contributed by atoms with Gasteiger partial charge in [0.1, 0.15) is 22.3 Å². The third kappa shape index (κ3) is 4.18. The number of rotatable bonds is 4. The fourth-order valence-electron chi connectivity index (χ4n) is 3.63. The van der Waals surface area contributed by atoms with Crippen LogP contribution in [-0.4, -0.2) is 27.1 Å². The van der Waals surface area contributed by atoms with E-state index in [0.29, 0.717) is 5.69 Å². The van der Waals surface area contributed by atoms with Crippen molar-refractivity contribution in [3.05, 3.63) is 64.9 Å². The second kappa shape index (κ2) is 8.34. The Morgan fingerprint density at radius 1 is 1.14 bits per heavy atom. The molecule has 1 amide bonds. The molecule has 3 aromatic rings. The first kappa shape index (κ1) is 19.6. The van der Waals surface area contributed by atoms with Crippen LogP contribution >= 0.6 is 11.3 Å². The molecule has 1 fully saturated rings. The molecule has 150 valence electrons. The van der Waals surface area contributed by atoms with E-state index in [1.54, 1.807) is 12.4 Å². The predicted molar refractivity (Wildman–Crippen MR) is 107 cm³/mol. The van der Waals surface area contributed by atoms with Crippen LogP contribution in [0.25, 0.3) is 10.6 Å². The summed E-state index contributed by atoms with van der Waals surface area (Å²) in [5.41, 5.74) is 1.40. The number of hydrogen-bond acceptors (Lipinski definition) is 5. The van der Waals surface area contributed by atoms with Crippen molar-refractivity contribution >= 4 is 22.9 Å². The van der Waals surface area contributed by atoms with Crippen LogP contribution in [0.1, 0.15) is 47.7 Å². The lowest BCUT2D eigenvalue weighted by atomic mass is 9.82. The number of amides is 1. The number of carbonyl (C=O) groups is 1. The van der Waals surface area contributed by atoms with E-state index in [1.807, 2.05) is 6.07 Å². The molecule has 1 aliphatic carbocycles. The van der Waals surface area contributed by atoms with Crippen LogP contribution in [0.2, 0.25) is 0 Å². The van der Waals surface area contributed by atoms with E-state index < -0.39 is 17.5 Å². The average Bonchev–Trinajstić information content (AvgIpc) is 3.19. The van der Waals surface area contributed by atoms with Crippen molar-refractivity contribution < 1.29 is 18.7 Å². The number of benzene rings is 1. The van der Waals surface area contributed by atoms with Crippen LogP contribution in [0.5, 0.6) is 0 Å². The number of hydrogen-bond donors (Lipinski definition) is 2. The molecule has 0 saturated heterocycles. The maximum atomic E-state index is 14.0. The molecule has 5 nitrogen and oxygen atoms in total. The molecule has 1 saturated carbocycles. The normalized spacial score (nSPS) is 19.1. The van der Waals surface area contributed by atoms with Gasteiger partial charge in [0, 0.05) is 11.6 Å². The molecule has 1 aliphatic rings. The zero-order valence-corrected chi connectivity index (χ0v) is 16.3. The molecule has 0 bridgehead atoms. The Kier molecular flexibility index (Phi) is 5.64. The zero-order chi connectivity index (χ0) is 20.4. The fourth-order valence-corrected chi connectivity index (χ4v) is 4.48. The number of anilines is 1. The number of carbonyl (C=O) groups excluding carboxylic acids is 1. The maximum absolute atomic E-state index is 14.0. The molecular formula is C21H19F2N3O2S. The van der Waals surface area contributed by atoms with E-state index in [9.17, 15) is 18.7 Å².